The van der Waals surface area contributed by atoms with E-state index in [1.165, 1.54) is 0 Å². The van der Waals surface area contributed by atoms with E-state index >= 15 is 0 Å². The van der Waals surface area contributed by atoms with E-state index in [4.69, 9.17) is 4.74 Å². The van der Waals surface area contributed by atoms with E-state index in [0.29, 0.717) is 12.5 Å². The van der Waals surface area contributed by atoms with E-state index in [1.807, 2.05) is 6.92 Å². The summed E-state index contributed by atoms with van der Waals surface area (Å²) in [4.78, 5) is 9.28. The zero-order valence-electron chi connectivity index (χ0n) is 18.2. The Morgan fingerprint density at radius 1 is 1.21 bits per heavy atom. The van der Waals surface area contributed by atoms with Gasteiger partial charge in [0.1, 0.15) is 0 Å². The molecule has 2 heterocycles. The molecular weight excluding hydrogens is 505 g/mol. The van der Waals surface area contributed by atoms with Gasteiger partial charge in [0.05, 0.1) is 18.4 Å². The van der Waals surface area contributed by atoms with Gasteiger partial charge in [0, 0.05) is 52.4 Å². The van der Waals surface area contributed by atoms with E-state index in [1.54, 1.807) is 0 Å². The lowest BCUT2D eigenvalue weighted by Gasteiger charge is -2.37. The molecule has 2 aliphatic rings. The number of nitrogens with zero attached hydrogens (tertiary/aromatic N) is 3. The Balaban J connectivity index is 0.00000420. The van der Waals surface area contributed by atoms with E-state index in [2.05, 4.69) is 38.7 Å². The number of sulfonamides is 1. The maximum absolute atomic E-state index is 12.3. The fraction of sp³-hybridized carbons (Fsp3) is 0.947. The van der Waals surface area contributed by atoms with Crippen molar-refractivity contribution < 1.29 is 13.2 Å². The van der Waals surface area contributed by atoms with Gasteiger partial charge in [-0.2, -0.15) is 0 Å². The highest BCUT2D eigenvalue weighted by Gasteiger charge is 2.21. The Morgan fingerprint density at radius 3 is 2.52 bits per heavy atom. The second-order valence-corrected chi connectivity index (χ2v) is 10.00. The first-order valence-corrected chi connectivity index (χ1v) is 12.4. The first-order valence-electron chi connectivity index (χ1n) is 10.7. The SMILES string of the molecule is CCNC(=NCCS(=O)(=O)NCC1CCCCO1)N1CCN(CC(C)C)CC1.I. The van der Waals surface area contributed by atoms with Gasteiger partial charge < -0.3 is 15.0 Å². The highest BCUT2D eigenvalue weighted by molar-refractivity contribution is 14.0. The number of guanidine groups is 1. The van der Waals surface area contributed by atoms with Gasteiger partial charge in [-0.3, -0.25) is 9.89 Å². The van der Waals surface area contributed by atoms with Gasteiger partial charge >= 0.3 is 0 Å². The van der Waals surface area contributed by atoms with Crippen LogP contribution in [0.4, 0.5) is 0 Å². The largest absolute Gasteiger partial charge is 0.377 e. The smallest absolute Gasteiger partial charge is 0.213 e. The number of halogens is 1. The molecule has 0 bridgehead atoms. The summed E-state index contributed by atoms with van der Waals surface area (Å²) in [6.45, 7) is 13.6. The van der Waals surface area contributed by atoms with Gasteiger partial charge in [-0.1, -0.05) is 13.8 Å². The number of piperazine rings is 1. The predicted molar refractivity (Wildman–Crippen MR) is 130 cm³/mol. The molecule has 29 heavy (non-hydrogen) atoms. The van der Waals surface area contributed by atoms with Crippen LogP contribution in [-0.2, 0) is 14.8 Å². The van der Waals surface area contributed by atoms with Crippen molar-refractivity contribution in [1.82, 2.24) is 19.8 Å². The molecule has 0 saturated carbocycles. The molecule has 2 N–H and O–H groups in total. The molecule has 0 spiro atoms. The number of hydrogen-bond acceptors (Lipinski definition) is 5. The fourth-order valence-electron chi connectivity index (χ4n) is 3.62. The lowest BCUT2D eigenvalue weighted by atomic mass is 10.1. The van der Waals surface area contributed by atoms with Crippen LogP contribution < -0.4 is 10.0 Å². The molecule has 0 amide bonds. The Labute approximate surface area is 194 Å². The number of ether oxygens (including phenoxy) is 1. The van der Waals surface area contributed by atoms with Gasteiger partial charge in [0.25, 0.3) is 0 Å². The van der Waals surface area contributed by atoms with Crippen LogP contribution in [0.25, 0.3) is 0 Å². The number of hydrogen-bond donors (Lipinski definition) is 2. The first-order chi connectivity index (χ1) is 13.4. The van der Waals surface area contributed by atoms with Gasteiger partial charge in [0.2, 0.25) is 10.0 Å². The molecule has 2 saturated heterocycles. The Bertz CT molecular complexity index is 574. The third kappa shape index (κ3) is 10.6. The van der Waals surface area contributed by atoms with Gasteiger partial charge in [-0.05, 0) is 32.1 Å². The Morgan fingerprint density at radius 2 is 1.93 bits per heavy atom. The molecule has 2 fully saturated rings. The first kappa shape index (κ1) is 26.9. The minimum absolute atomic E-state index is 0. The normalized spacial score (nSPS) is 21.9. The Kier molecular flexibility index (Phi) is 13.0. The molecule has 0 aromatic carbocycles. The molecular formula is C19H40IN5O3S. The van der Waals surface area contributed by atoms with E-state index in [0.717, 1.165) is 71.1 Å². The minimum atomic E-state index is -3.34. The zero-order chi connectivity index (χ0) is 20.4. The van der Waals surface area contributed by atoms with E-state index in [9.17, 15) is 8.42 Å². The van der Waals surface area contributed by atoms with Crippen LogP contribution in [0.2, 0.25) is 0 Å². The fourth-order valence-corrected chi connectivity index (χ4v) is 4.53. The van der Waals surface area contributed by atoms with Crippen LogP contribution in [0.1, 0.15) is 40.0 Å². The molecule has 10 heteroatoms. The number of aliphatic imine (C=N–C) groups is 1. The highest BCUT2D eigenvalue weighted by atomic mass is 127. The number of nitrogens with one attached hydrogen (secondary N) is 2. The molecule has 2 aliphatic heterocycles. The van der Waals surface area contributed by atoms with Gasteiger partial charge in [0.15, 0.2) is 5.96 Å². The number of rotatable bonds is 9. The maximum atomic E-state index is 12.3. The van der Waals surface area contributed by atoms with Crippen LogP contribution in [0, 0.1) is 5.92 Å². The standard InChI is InChI=1S/C19H39N5O3S.HI/c1-4-20-19(24-11-9-23(10-12-24)16-17(2)3)21-8-14-28(25,26)22-15-18-7-5-6-13-27-18;/h17-18,22H,4-16H2,1-3H3,(H,20,21);1H. The lowest BCUT2D eigenvalue weighted by molar-refractivity contribution is 0.0200. The maximum Gasteiger partial charge on any atom is 0.213 e. The second-order valence-electron chi connectivity index (χ2n) is 8.07. The predicted octanol–water partition coefficient (Wildman–Crippen LogP) is 1.33. The molecule has 0 radical (unpaired) electrons. The summed E-state index contributed by atoms with van der Waals surface area (Å²) in [6.07, 6.45) is 3.10. The van der Waals surface area contributed by atoms with Crippen molar-refractivity contribution in [3.05, 3.63) is 0 Å². The van der Waals surface area contributed by atoms with Crippen molar-refractivity contribution in [1.29, 1.82) is 0 Å². The summed E-state index contributed by atoms with van der Waals surface area (Å²) in [5, 5.41) is 3.30. The third-order valence-corrected chi connectivity index (χ3v) is 6.38. The van der Waals surface area contributed by atoms with Crippen LogP contribution in [0.5, 0.6) is 0 Å². The summed E-state index contributed by atoms with van der Waals surface area (Å²) in [6, 6.07) is 0. The Hall–Kier alpha value is -0.170. The van der Waals surface area contributed by atoms with Crippen molar-refractivity contribution in [2.45, 2.75) is 46.1 Å². The van der Waals surface area contributed by atoms with Crippen molar-refractivity contribution in [3.63, 3.8) is 0 Å². The average molecular weight is 546 g/mol. The van der Waals surface area contributed by atoms with E-state index < -0.39 is 10.0 Å². The topological polar surface area (TPSA) is 86.3 Å². The van der Waals surface area contributed by atoms with Gasteiger partial charge in [-0.25, -0.2) is 13.1 Å². The molecule has 1 atom stereocenters. The monoisotopic (exact) mass is 545 g/mol. The summed E-state index contributed by atoms with van der Waals surface area (Å²) < 4.78 is 32.8. The third-order valence-electron chi connectivity index (χ3n) is 5.06. The van der Waals surface area contributed by atoms with Crippen molar-refractivity contribution in [3.8, 4) is 0 Å². The molecule has 0 aromatic rings. The summed E-state index contributed by atoms with van der Waals surface area (Å²) in [5.74, 6) is 1.49. The molecule has 0 aliphatic carbocycles. The van der Waals surface area contributed by atoms with E-state index in [-0.39, 0.29) is 42.4 Å². The second kappa shape index (κ2) is 14.0. The van der Waals surface area contributed by atoms with Crippen LogP contribution in [-0.4, -0.2) is 95.0 Å². The quantitative estimate of drug-likeness (QED) is 0.259. The average Bonchev–Trinajstić information content (AvgIpc) is 2.67. The van der Waals surface area contributed by atoms with Crippen LogP contribution in [0.15, 0.2) is 4.99 Å². The van der Waals surface area contributed by atoms with Gasteiger partial charge in [-0.15, -0.1) is 24.0 Å². The zero-order valence-corrected chi connectivity index (χ0v) is 21.4. The molecule has 172 valence electrons. The van der Waals surface area contributed by atoms with Crippen LogP contribution >= 0.6 is 24.0 Å². The lowest BCUT2D eigenvalue weighted by Crippen LogP contribution is -2.53. The van der Waals surface area contributed by atoms with Crippen molar-refractivity contribution in [2.75, 3.05) is 64.7 Å². The van der Waals surface area contributed by atoms with Crippen molar-refractivity contribution >= 4 is 40.0 Å². The molecule has 0 aromatic heterocycles. The summed E-state index contributed by atoms with van der Waals surface area (Å²) in [7, 11) is -3.34. The molecule has 2 rings (SSSR count). The molecule has 1 unspecified atom stereocenters. The van der Waals surface area contributed by atoms with Crippen LogP contribution in [0.3, 0.4) is 0 Å². The summed E-state index contributed by atoms with van der Waals surface area (Å²) in [5.41, 5.74) is 0. The minimum Gasteiger partial charge on any atom is -0.377 e. The molecule has 8 nitrogen and oxygen atoms in total. The summed E-state index contributed by atoms with van der Waals surface area (Å²) >= 11 is 0. The van der Waals surface area contributed by atoms with Crippen molar-refractivity contribution in [2.24, 2.45) is 10.9 Å². The highest BCUT2D eigenvalue weighted by Crippen LogP contribution is 2.12.